The molecular formula is C17H34N2. The fourth-order valence-electron chi connectivity index (χ4n) is 4.41. The van der Waals surface area contributed by atoms with Gasteiger partial charge < -0.3 is 5.32 Å². The maximum Gasteiger partial charge on any atom is 0.0254 e. The molecule has 0 spiro atoms. The van der Waals surface area contributed by atoms with E-state index in [9.17, 15) is 0 Å². The van der Waals surface area contributed by atoms with Crippen molar-refractivity contribution in [3.8, 4) is 0 Å². The second-order valence-corrected chi connectivity index (χ2v) is 7.41. The molecule has 1 heterocycles. The number of likely N-dealkylation sites (N-methyl/N-ethyl adjacent to an activating group) is 1. The number of nitrogens with one attached hydrogen (secondary N) is 1. The summed E-state index contributed by atoms with van der Waals surface area (Å²) >= 11 is 0. The summed E-state index contributed by atoms with van der Waals surface area (Å²) in [7, 11) is 0. The van der Waals surface area contributed by atoms with Crippen molar-refractivity contribution in [1.82, 2.24) is 10.2 Å². The molecule has 1 N–H and O–H groups in total. The Morgan fingerprint density at radius 2 is 1.74 bits per heavy atom. The molecule has 0 aromatic heterocycles. The smallest absolute Gasteiger partial charge is 0.0254 e. The molecule has 1 aliphatic carbocycles. The molecule has 2 rings (SSSR count). The Bertz CT molecular complexity index is 278. The highest BCUT2D eigenvalue weighted by Gasteiger charge is 2.38. The summed E-state index contributed by atoms with van der Waals surface area (Å²) in [5.74, 6) is 2.62. The third kappa shape index (κ3) is 3.52. The second kappa shape index (κ2) is 6.58. The average Bonchev–Trinajstić information content (AvgIpc) is 2.36. The monoisotopic (exact) mass is 266 g/mol. The summed E-state index contributed by atoms with van der Waals surface area (Å²) < 4.78 is 0. The van der Waals surface area contributed by atoms with Crippen LogP contribution >= 0.6 is 0 Å². The molecule has 1 aliphatic heterocycles. The lowest BCUT2D eigenvalue weighted by molar-refractivity contribution is 0.00311. The molecule has 2 heteroatoms. The highest BCUT2D eigenvalue weighted by atomic mass is 15.2. The molecule has 2 fully saturated rings. The highest BCUT2D eigenvalue weighted by molar-refractivity contribution is 4.95. The molecule has 1 saturated heterocycles. The number of hydrogen-bond donors (Lipinski definition) is 1. The van der Waals surface area contributed by atoms with E-state index in [0.717, 1.165) is 42.4 Å². The Morgan fingerprint density at radius 3 is 2.42 bits per heavy atom. The minimum absolute atomic E-state index is 0.723. The molecule has 0 bridgehead atoms. The summed E-state index contributed by atoms with van der Waals surface area (Å²) in [4.78, 5) is 2.85. The molecule has 0 aromatic carbocycles. The van der Waals surface area contributed by atoms with Crippen molar-refractivity contribution in [2.24, 2.45) is 17.8 Å². The SMILES string of the molecule is CCNC1CCC(C)CC1N1CC(C)CC(C)C1C. The number of hydrogen-bond acceptors (Lipinski definition) is 2. The van der Waals surface area contributed by atoms with E-state index in [2.05, 4.69) is 44.8 Å². The molecule has 19 heavy (non-hydrogen) atoms. The zero-order valence-electron chi connectivity index (χ0n) is 13.7. The first-order valence-electron chi connectivity index (χ1n) is 8.52. The van der Waals surface area contributed by atoms with Gasteiger partial charge in [0.05, 0.1) is 0 Å². The Kier molecular flexibility index (Phi) is 5.30. The van der Waals surface area contributed by atoms with Gasteiger partial charge in [-0.3, -0.25) is 4.90 Å². The van der Waals surface area contributed by atoms with Gasteiger partial charge in [0.1, 0.15) is 0 Å². The summed E-state index contributed by atoms with van der Waals surface area (Å²) in [5.41, 5.74) is 0. The van der Waals surface area contributed by atoms with Gasteiger partial charge in [-0.25, -0.2) is 0 Å². The van der Waals surface area contributed by atoms with Crippen molar-refractivity contribution in [2.75, 3.05) is 13.1 Å². The minimum atomic E-state index is 0.723. The van der Waals surface area contributed by atoms with Crippen molar-refractivity contribution in [2.45, 2.75) is 78.4 Å². The van der Waals surface area contributed by atoms with Crippen molar-refractivity contribution in [3.05, 3.63) is 0 Å². The molecule has 6 unspecified atom stereocenters. The van der Waals surface area contributed by atoms with Crippen molar-refractivity contribution < 1.29 is 0 Å². The first kappa shape index (κ1) is 15.3. The van der Waals surface area contributed by atoms with Crippen LogP contribution in [-0.2, 0) is 0 Å². The summed E-state index contributed by atoms with van der Waals surface area (Å²) in [5, 5.41) is 3.76. The fraction of sp³-hybridized carbons (Fsp3) is 1.00. The van der Waals surface area contributed by atoms with Gasteiger partial charge >= 0.3 is 0 Å². The minimum Gasteiger partial charge on any atom is -0.313 e. The van der Waals surface area contributed by atoms with Crippen LogP contribution in [0, 0.1) is 17.8 Å². The predicted molar refractivity (Wildman–Crippen MR) is 83.4 cm³/mol. The molecule has 2 aliphatic rings. The van der Waals surface area contributed by atoms with Crippen LogP contribution in [0.25, 0.3) is 0 Å². The molecule has 1 saturated carbocycles. The van der Waals surface area contributed by atoms with Crippen molar-refractivity contribution in [1.29, 1.82) is 0 Å². The average molecular weight is 266 g/mol. The van der Waals surface area contributed by atoms with Crippen LogP contribution in [0.5, 0.6) is 0 Å². The van der Waals surface area contributed by atoms with Gasteiger partial charge in [0.2, 0.25) is 0 Å². The van der Waals surface area contributed by atoms with Gasteiger partial charge in [-0.15, -0.1) is 0 Å². The third-order valence-electron chi connectivity index (χ3n) is 5.61. The predicted octanol–water partition coefficient (Wildman–Crippen LogP) is 3.52. The van der Waals surface area contributed by atoms with Gasteiger partial charge in [-0.05, 0) is 56.9 Å². The van der Waals surface area contributed by atoms with Crippen LogP contribution in [0.15, 0.2) is 0 Å². The van der Waals surface area contributed by atoms with Crippen LogP contribution in [0.4, 0.5) is 0 Å². The molecule has 0 aromatic rings. The first-order chi connectivity index (χ1) is 9.02. The van der Waals surface area contributed by atoms with Crippen molar-refractivity contribution >= 4 is 0 Å². The van der Waals surface area contributed by atoms with Crippen LogP contribution < -0.4 is 5.32 Å². The quantitative estimate of drug-likeness (QED) is 0.841. The normalized spacial score (nSPS) is 45.3. The van der Waals surface area contributed by atoms with Gasteiger partial charge in [0, 0.05) is 24.7 Å². The lowest BCUT2D eigenvalue weighted by Gasteiger charge is -2.50. The lowest BCUT2D eigenvalue weighted by atomic mass is 9.78. The highest BCUT2D eigenvalue weighted by Crippen LogP contribution is 2.35. The number of rotatable bonds is 3. The van der Waals surface area contributed by atoms with Crippen molar-refractivity contribution in [3.63, 3.8) is 0 Å². The Hall–Kier alpha value is -0.0800. The van der Waals surface area contributed by atoms with Gasteiger partial charge in [-0.1, -0.05) is 27.7 Å². The van der Waals surface area contributed by atoms with Gasteiger partial charge in [-0.2, -0.15) is 0 Å². The van der Waals surface area contributed by atoms with Gasteiger partial charge in [0.15, 0.2) is 0 Å². The van der Waals surface area contributed by atoms with E-state index >= 15 is 0 Å². The Balaban J connectivity index is 2.10. The second-order valence-electron chi connectivity index (χ2n) is 7.41. The van der Waals surface area contributed by atoms with E-state index in [1.54, 1.807) is 0 Å². The van der Waals surface area contributed by atoms with Crippen LogP contribution in [0.1, 0.15) is 60.3 Å². The zero-order chi connectivity index (χ0) is 14.0. The van der Waals surface area contributed by atoms with E-state index in [4.69, 9.17) is 0 Å². The molecule has 0 amide bonds. The van der Waals surface area contributed by atoms with Crippen LogP contribution in [-0.4, -0.2) is 36.1 Å². The zero-order valence-corrected chi connectivity index (χ0v) is 13.7. The standard InChI is InChI=1S/C17H34N2/c1-6-18-16-8-7-12(2)10-17(16)19-11-13(3)9-14(4)15(19)5/h12-18H,6-11H2,1-5H3. The van der Waals surface area contributed by atoms with Crippen LogP contribution in [0.2, 0.25) is 0 Å². The lowest BCUT2D eigenvalue weighted by Crippen LogP contribution is -2.59. The van der Waals surface area contributed by atoms with E-state index in [1.807, 2.05) is 0 Å². The molecule has 2 nitrogen and oxygen atoms in total. The molecular weight excluding hydrogens is 232 g/mol. The largest absolute Gasteiger partial charge is 0.313 e. The fourth-order valence-corrected chi connectivity index (χ4v) is 4.41. The molecule has 6 atom stereocenters. The molecule has 0 radical (unpaired) electrons. The van der Waals surface area contributed by atoms with Gasteiger partial charge in [0.25, 0.3) is 0 Å². The summed E-state index contributed by atoms with van der Waals surface area (Å²) in [6.45, 7) is 14.5. The Morgan fingerprint density at radius 1 is 1.00 bits per heavy atom. The number of nitrogens with zero attached hydrogens (tertiary/aromatic N) is 1. The molecule has 112 valence electrons. The first-order valence-corrected chi connectivity index (χ1v) is 8.52. The van der Waals surface area contributed by atoms with E-state index in [-0.39, 0.29) is 0 Å². The third-order valence-corrected chi connectivity index (χ3v) is 5.61. The summed E-state index contributed by atoms with van der Waals surface area (Å²) in [6, 6.07) is 2.25. The maximum absolute atomic E-state index is 3.76. The topological polar surface area (TPSA) is 15.3 Å². The van der Waals surface area contributed by atoms with Crippen LogP contribution in [0.3, 0.4) is 0 Å². The number of piperidine rings is 1. The Labute approximate surface area is 120 Å². The maximum atomic E-state index is 3.76. The van der Waals surface area contributed by atoms with E-state index in [0.29, 0.717) is 0 Å². The van der Waals surface area contributed by atoms with E-state index < -0.39 is 0 Å². The number of likely N-dealkylation sites (tertiary alicyclic amines) is 1. The summed E-state index contributed by atoms with van der Waals surface area (Å²) in [6.07, 6.45) is 5.57. The van der Waals surface area contributed by atoms with E-state index in [1.165, 1.54) is 32.2 Å².